The second kappa shape index (κ2) is 7.30. The quantitative estimate of drug-likeness (QED) is 0.719. The van der Waals surface area contributed by atoms with Gasteiger partial charge < -0.3 is 15.2 Å². The van der Waals surface area contributed by atoms with E-state index in [-0.39, 0.29) is 35.7 Å². The Morgan fingerprint density at radius 1 is 1.23 bits per heavy atom. The summed E-state index contributed by atoms with van der Waals surface area (Å²) in [5.74, 6) is -1.17. The van der Waals surface area contributed by atoms with Crippen molar-refractivity contribution in [1.29, 1.82) is 0 Å². The highest BCUT2D eigenvalue weighted by Crippen LogP contribution is 2.36. The molecule has 0 spiro atoms. The molecule has 10 heteroatoms. The van der Waals surface area contributed by atoms with Crippen LogP contribution in [0.15, 0.2) is 42.9 Å². The van der Waals surface area contributed by atoms with Crippen LogP contribution in [0.4, 0.5) is 13.2 Å². The summed E-state index contributed by atoms with van der Waals surface area (Å²) in [6, 6.07) is 4.02. The Bertz CT molecular complexity index is 943. The molecule has 0 aliphatic heterocycles. The highest BCUT2D eigenvalue weighted by Gasteiger charge is 2.35. The number of nitrogens with zero attached hydrogens (tertiary/aromatic N) is 3. The van der Waals surface area contributed by atoms with Gasteiger partial charge in [0.15, 0.2) is 0 Å². The molecule has 1 atom stereocenters. The molecular formula is C16H14ClF3N4O2. The third kappa shape index (κ3) is 3.63. The van der Waals surface area contributed by atoms with Crippen LogP contribution < -0.4 is 5.73 Å². The Balaban J connectivity index is 0.00000243. The van der Waals surface area contributed by atoms with Crippen molar-refractivity contribution in [3.8, 4) is 11.3 Å². The zero-order valence-electron chi connectivity index (χ0n) is 13.1. The summed E-state index contributed by atoms with van der Waals surface area (Å²) in [4.78, 5) is 18.9. The predicted octanol–water partition coefficient (Wildman–Crippen LogP) is 2.79. The van der Waals surface area contributed by atoms with Crippen LogP contribution in [-0.2, 0) is 17.4 Å². The van der Waals surface area contributed by atoms with Crippen LogP contribution in [0.1, 0.15) is 11.3 Å². The fourth-order valence-electron chi connectivity index (χ4n) is 2.58. The Hall–Kier alpha value is -2.65. The smallest absolute Gasteiger partial charge is 0.418 e. The number of rotatable bonds is 4. The van der Waals surface area contributed by atoms with E-state index in [1.807, 2.05) is 0 Å². The lowest BCUT2D eigenvalue weighted by Crippen LogP contribution is -2.32. The van der Waals surface area contributed by atoms with Crippen molar-refractivity contribution >= 4 is 24.0 Å². The minimum atomic E-state index is -4.56. The SMILES string of the molecule is Cl.N[C@@H](Cc1ccc(-c2ncccc2C(F)(F)F)c2nccn12)C(=O)O. The van der Waals surface area contributed by atoms with Crippen LogP contribution in [0.25, 0.3) is 16.9 Å². The number of nitrogens with two attached hydrogens (primary N) is 1. The van der Waals surface area contributed by atoms with Crippen LogP contribution in [0.3, 0.4) is 0 Å². The average Bonchev–Trinajstić information content (AvgIpc) is 3.04. The minimum absolute atomic E-state index is 0. The van der Waals surface area contributed by atoms with Crippen molar-refractivity contribution in [2.24, 2.45) is 5.73 Å². The van der Waals surface area contributed by atoms with E-state index in [0.29, 0.717) is 5.69 Å². The number of imidazole rings is 1. The van der Waals surface area contributed by atoms with Gasteiger partial charge in [-0.2, -0.15) is 13.2 Å². The summed E-state index contributed by atoms with van der Waals surface area (Å²) in [6.45, 7) is 0. The summed E-state index contributed by atoms with van der Waals surface area (Å²) in [6.07, 6.45) is -0.309. The standard InChI is InChI=1S/C16H13F3N4O2.ClH/c17-16(18,19)11-2-1-5-21-13(11)10-4-3-9(8-12(20)15(24)25)23-7-6-22-14(10)23;/h1-7,12H,8,20H2,(H,24,25);1H/t12-;/m0./s1. The lowest BCUT2D eigenvalue weighted by atomic mass is 10.0. The maximum absolute atomic E-state index is 13.3. The zero-order chi connectivity index (χ0) is 18.2. The number of halogens is 4. The van der Waals surface area contributed by atoms with Crippen molar-refractivity contribution in [2.45, 2.75) is 18.6 Å². The van der Waals surface area contributed by atoms with Crippen molar-refractivity contribution in [1.82, 2.24) is 14.4 Å². The Labute approximate surface area is 151 Å². The summed E-state index contributed by atoms with van der Waals surface area (Å²) < 4.78 is 41.3. The van der Waals surface area contributed by atoms with Crippen molar-refractivity contribution in [3.63, 3.8) is 0 Å². The molecular weight excluding hydrogens is 373 g/mol. The molecule has 3 aromatic rings. The number of pyridine rings is 2. The van der Waals surface area contributed by atoms with Crippen molar-refractivity contribution < 1.29 is 23.1 Å². The maximum atomic E-state index is 13.3. The van der Waals surface area contributed by atoms with Crippen LogP contribution >= 0.6 is 12.4 Å². The van der Waals surface area contributed by atoms with Crippen LogP contribution in [0, 0.1) is 0 Å². The molecule has 0 unspecified atom stereocenters. The molecule has 26 heavy (non-hydrogen) atoms. The van der Waals surface area contributed by atoms with Gasteiger partial charge in [-0.15, -0.1) is 12.4 Å². The number of carbonyl (C=O) groups is 1. The largest absolute Gasteiger partial charge is 0.480 e. The first kappa shape index (κ1) is 19.7. The molecule has 0 aromatic carbocycles. The van der Waals surface area contributed by atoms with E-state index in [4.69, 9.17) is 10.8 Å². The third-order valence-corrected chi connectivity index (χ3v) is 3.75. The van der Waals surface area contributed by atoms with E-state index in [1.165, 1.54) is 35.0 Å². The molecule has 6 nitrogen and oxygen atoms in total. The van der Waals surface area contributed by atoms with Gasteiger partial charge in [-0.1, -0.05) is 0 Å². The van der Waals surface area contributed by atoms with Crippen molar-refractivity contribution in [2.75, 3.05) is 0 Å². The Morgan fingerprint density at radius 2 is 1.96 bits per heavy atom. The molecule has 0 saturated carbocycles. The second-order valence-corrected chi connectivity index (χ2v) is 5.41. The van der Waals surface area contributed by atoms with Gasteiger partial charge in [0.05, 0.1) is 11.3 Å². The average molecular weight is 387 g/mol. The summed E-state index contributed by atoms with van der Waals surface area (Å²) in [7, 11) is 0. The molecule has 0 bridgehead atoms. The fraction of sp³-hybridized carbons (Fsp3) is 0.188. The zero-order valence-corrected chi connectivity index (χ0v) is 14.0. The monoisotopic (exact) mass is 386 g/mol. The molecule has 3 rings (SSSR count). The van der Waals surface area contributed by atoms with Crippen molar-refractivity contribution in [3.05, 3.63) is 54.1 Å². The number of hydrogen-bond acceptors (Lipinski definition) is 4. The van der Waals surface area contributed by atoms with Gasteiger partial charge in [0.2, 0.25) is 0 Å². The number of aliphatic carboxylic acids is 1. The molecule has 0 aliphatic carbocycles. The Morgan fingerprint density at radius 3 is 2.62 bits per heavy atom. The summed E-state index contributed by atoms with van der Waals surface area (Å²) in [5, 5.41) is 8.94. The van der Waals surface area contributed by atoms with E-state index < -0.39 is 23.8 Å². The molecule has 138 valence electrons. The van der Waals surface area contributed by atoms with Gasteiger partial charge in [-0.3, -0.25) is 9.78 Å². The van der Waals surface area contributed by atoms with Gasteiger partial charge in [-0.25, -0.2) is 4.98 Å². The second-order valence-electron chi connectivity index (χ2n) is 5.41. The fourth-order valence-corrected chi connectivity index (χ4v) is 2.58. The molecule has 3 heterocycles. The van der Waals surface area contributed by atoms with E-state index in [2.05, 4.69) is 9.97 Å². The van der Waals surface area contributed by atoms with Crippen LogP contribution in [0.2, 0.25) is 0 Å². The van der Waals surface area contributed by atoms with Gasteiger partial charge in [0.25, 0.3) is 0 Å². The number of carboxylic acid groups (broad SMARTS) is 1. The number of hydrogen-bond donors (Lipinski definition) is 2. The number of aromatic nitrogens is 3. The van der Waals surface area contributed by atoms with Gasteiger partial charge >= 0.3 is 12.1 Å². The number of fused-ring (bicyclic) bond motifs is 1. The van der Waals surface area contributed by atoms with E-state index in [1.54, 1.807) is 6.20 Å². The Kier molecular flexibility index (Phi) is 5.53. The highest BCUT2D eigenvalue weighted by atomic mass is 35.5. The van der Waals surface area contributed by atoms with E-state index in [0.717, 1.165) is 6.07 Å². The first-order valence-corrected chi connectivity index (χ1v) is 7.25. The molecule has 3 N–H and O–H groups in total. The normalized spacial score (nSPS) is 12.6. The lowest BCUT2D eigenvalue weighted by molar-refractivity contribution is -0.139. The number of alkyl halides is 3. The van der Waals surface area contributed by atoms with Gasteiger partial charge in [0.1, 0.15) is 11.7 Å². The lowest BCUT2D eigenvalue weighted by Gasteiger charge is -2.14. The van der Waals surface area contributed by atoms with Crippen LogP contribution in [-0.4, -0.2) is 31.5 Å². The molecule has 0 fully saturated rings. The molecule has 0 aliphatic rings. The molecule has 0 radical (unpaired) electrons. The van der Waals surface area contributed by atoms with E-state index in [9.17, 15) is 18.0 Å². The predicted molar refractivity (Wildman–Crippen MR) is 90.0 cm³/mol. The first-order chi connectivity index (χ1) is 11.8. The molecule has 0 amide bonds. The van der Waals surface area contributed by atoms with Gasteiger partial charge in [0, 0.05) is 36.3 Å². The molecule has 3 aromatic heterocycles. The maximum Gasteiger partial charge on any atom is 0.418 e. The third-order valence-electron chi connectivity index (χ3n) is 3.75. The van der Waals surface area contributed by atoms with Crippen LogP contribution in [0.5, 0.6) is 0 Å². The van der Waals surface area contributed by atoms with Gasteiger partial charge in [-0.05, 0) is 24.3 Å². The summed E-state index contributed by atoms with van der Waals surface area (Å²) >= 11 is 0. The summed E-state index contributed by atoms with van der Waals surface area (Å²) in [5.41, 5.74) is 5.42. The van der Waals surface area contributed by atoms with E-state index >= 15 is 0 Å². The minimum Gasteiger partial charge on any atom is -0.480 e. The topological polar surface area (TPSA) is 93.5 Å². The first-order valence-electron chi connectivity index (χ1n) is 7.25. The highest BCUT2D eigenvalue weighted by molar-refractivity contribution is 5.85. The number of carboxylic acids is 1. The molecule has 0 saturated heterocycles.